The number of likely N-dealkylation sites (tertiary alicyclic amines) is 1. The molecular formula is C19H22N2O3. The quantitative estimate of drug-likeness (QED) is 0.798. The van der Waals surface area contributed by atoms with E-state index in [1.807, 2.05) is 4.90 Å². The summed E-state index contributed by atoms with van der Waals surface area (Å²) in [6.45, 7) is 2.12. The highest BCUT2D eigenvalue weighted by molar-refractivity contribution is 6.21. The lowest BCUT2D eigenvalue weighted by atomic mass is 10.0. The Hall–Kier alpha value is -2.17. The molecule has 5 heteroatoms. The van der Waals surface area contributed by atoms with Crippen LogP contribution >= 0.6 is 0 Å². The first-order valence-electron chi connectivity index (χ1n) is 8.88. The molecule has 0 bridgehead atoms. The maximum Gasteiger partial charge on any atom is 0.261 e. The van der Waals surface area contributed by atoms with Crippen LogP contribution in [0.5, 0.6) is 0 Å². The van der Waals surface area contributed by atoms with Crippen molar-refractivity contribution in [3.8, 4) is 0 Å². The average Bonchev–Trinajstić information content (AvgIpc) is 3.24. The highest BCUT2D eigenvalue weighted by atomic mass is 16.2. The third-order valence-corrected chi connectivity index (χ3v) is 5.73. The van der Waals surface area contributed by atoms with Crippen molar-refractivity contribution in [2.45, 2.75) is 32.1 Å². The van der Waals surface area contributed by atoms with Crippen LogP contribution in [0.2, 0.25) is 0 Å². The highest BCUT2D eigenvalue weighted by Crippen LogP contribution is 2.37. The second-order valence-corrected chi connectivity index (χ2v) is 7.16. The molecule has 3 aliphatic rings. The van der Waals surface area contributed by atoms with E-state index in [0.717, 1.165) is 13.1 Å². The van der Waals surface area contributed by atoms with Crippen molar-refractivity contribution in [3.05, 3.63) is 35.4 Å². The first-order chi connectivity index (χ1) is 11.6. The van der Waals surface area contributed by atoms with Gasteiger partial charge in [-0.05, 0) is 43.2 Å². The summed E-state index contributed by atoms with van der Waals surface area (Å²) in [6, 6.07) is 6.90. The number of hydrogen-bond donors (Lipinski definition) is 0. The number of rotatable bonds is 4. The Morgan fingerprint density at radius 2 is 1.58 bits per heavy atom. The summed E-state index contributed by atoms with van der Waals surface area (Å²) in [7, 11) is 0. The number of carbonyl (C=O) groups is 3. The largest absolute Gasteiger partial charge is 0.342 e. The van der Waals surface area contributed by atoms with Crippen LogP contribution in [-0.4, -0.2) is 47.2 Å². The minimum Gasteiger partial charge on any atom is -0.342 e. The minimum atomic E-state index is -0.237. The molecule has 126 valence electrons. The molecule has 1 aromatic rings. The topological polar surface area (TPSA) is 57.7 Å². The van der Waals surface area contributed by atoms with Crippen molar-refractivity contribution < 1.29 is 14.4 Å². The third kappa shape index (κ3) is 2.52. The van der Waals surface area contributed by atoms with E-state index < -0.39 is 0 Å². The van der Waals surface area contributed by atoms with Gasteiger partial charge < -0.3 is 4.90 Å². The molecule has 2 heterocycles. The number of imide groups is 1. The van der Waals surface area contributed by atoms with E-state index in [0.29, 0.717) is 42.3 Å². The Labute approximate surface area is 141 Å². The fraction of sp³-hybridized carbons (Fsp3) is 0.526. The van der Waals surface area contributed by atoms with Gasteiger partial charge in [0.1, 0.15) is 0 Å². The molecule has 2 unspecified atom stereocenters. The molecule has 1 aliphatic carbocycles. The Balaban J connectivity index is 1.30. The van der Waals surface area contributed by atoms with E-state index in [9.17, 15) is 14.4 Å². The van der Waals surface area contributed by atoms with E-state index in [1.54, 1.807) is 24.3 Å². The molecule has 1 saturated carbocycles. The average molecular weight is 326 g/mol. The van der Waals surface area contributed by atoms with Crippen LogP contribution in [0.15, 0.2) is 24.3 Å². The SMILES string of the molecule is O=C(CCCN1C(=O)c2ccccc2C1=O)N1CC2CCCC2C1. The second kappa shape index (κ2) is 6.04. The molecule has 24 heavy (non-hydrogen) atoms. The van der Waals surface area contributed by atoms with Gasteiger partial charge in [-0.1, -0.05) is 18.6 Å². The lowest BCUT2D eigenvalue weighted by Crippen LogP contribution is -2.33. The molecular weight excluding hydrogens is 304 g/mol. The predicted octanol–water partition coefficient (Wildman–Crippen LogP) is 2.32. The molecule has 3 amide bonds. The molecule has 0 aromatic heterocycles. The van der Waals surface area contributed by atoms with Crippen LogP contribution in [0.3, 0.4) is 0 Å². The van der Waals surface area contributed by atoms with Crippen molar-refractivity contribution in [1.82, 2.24) is 9.80 Å². The van der Waals surface area contributed by atoms with Gasteiger partial charge in [0.05, 0.1) is 11.1 Å². The smallest absolute Gasteiger partial charge is 0.261 e. The van der Waals surface area contributed by atoms with Crippen molar-refractivity contribution in [3.63, 3.8) is 0 Å². The van der Waals surface area contributed by atoms with Gasteiger partial charge in [-0.2, -0.15) is 0 Å². The molecule has 2 aliphatic heterocycles. The molecule has 2 atom stereocenters. The van der Waals surface area contributed by atoms with E-state index in [1.165, 1.54) is 24.2 Å². The summed E-state index contributed by atoms with van der Waals surface area (Å²) in [4.78, 5) is 40.2. The Bertz CT molecular complexity index is 653. The summed E-state index contributed by atoms with van der Waals surface area (Å²) in [6.07, 6.45) is 4.76. The standard InChI is InChI=1S/C19H22N2O3/c22-17(20-11-13-5-3-6-14(13)12-20)9-4-10-21-18(23)15-7-1-2-8-16(15)19(21)24/h1-2,7-8,13-14H,3-6,9-12H2. The van der Waals surface area contributed by atoms with Crippen molar-refractivity contribution in [2.24, 2.45) is 11.8 Å². The van der Waals surface area contributed by atoms with Gasteiger partial charge in [-0.25, -0.2) is 0 Å². The summed E-state index contributed by atoms with van der Waals surface area (Å²) in [5, 5.41) is 0. The van der Waals surface area contributed by atoms with E-state index >= 15 is 0 Å². The fourth-order valence-electron chi connectivity index (χ4n) is 4.43. The normalized spacial score (nSPS) is 25.3. The molecule has 1 saturated heterocycles. The lowest BCUT2D eigenvalue weighted by Gasteiger charge is -2.18. The summed E-state index contributed by atoms with van der Waals surface area (Å²) in [5.41, 5.74) is 0.947. The highest BCUT2D eigenvalue weighted by Gasteiger charge is 2.38. The molecule has 1 aromatic carbocycles. The van der Waals surface area contributed by atoms with Crippen LogP contribution in [0.1, 0.15) is 52.8 Å². The lowest BCUT2D eigenvalue weighted by molar-refractivity contribution is -0.130. The zero-order chi connectivity index (χ0) is 16.7. The summed E-state index contributed by atoms with van der Waals surface area (Å²) >= 11 is 0. The number of benzene rings is 1. The molecule has 2 fully saturated rings. The van der Waals surface area contributed by atoms with Crippen LogP contribution in [0.25, 0.3) is 0 Å². The first kappa shape index (κ1) is 15.4. The molecule has 0 N–H and O–H groups in total. The van der Waals surface area contributed by atoms with Crippen molar-refractivity contribution >= 4 is 17.7 Å². The van der Waals surface area contributed by atoms with Crippen LogP contribution in [0, 0.1) is 11.8 Å². The van der Waals surface area contributed by atoms with Crippen molar-refractivity contribution in [1.29, 1.82) is 0 Å². The molecule has 0 radical (unpaired) electrons. The first-order valence-corrected chi connectivity index (χ1v) is 8.88. The van der Waals surface area contributed by atoms with Gasteiger partial charge in [0.25, 0.3) is 11.8 Å². The predicted molar refractivity (Wildman–Crippen MR) is 88.5 cm³/mol. The number of fused-ring (bicyclic) bond motifs is 2. The molecule has 4 rings (SSSR count). The van der Waals surface area contributed by atoms with Crippen LogP contribution in [0.4, 0.5) is 0 Å². The van der Waals surface area contributed by atoms with E-state index in [-0.39, 0.29) is 17.7 Å². The Kier molecular flexibility index (Phi) is 3.87. The number of amides is 3. The Morgan fingerprint density at radius 3 is 2.17 bits per heavy atom. The Morgan fingerprint density at radius 1 is 1.00 bits per heavy atom. The fourth-order valence-corrected chi connectivity index (χ4v) is 4.43. The monoisotopic (exact) mass is 326 g/mol. The minimum absolute atomic E-state index is 0.168. The third-order valence-electron chi connectivity index (χ3n) is 5.73. The van der Waals surface area contributed by atoms with Gasteiger partial charge in [-0.3, -0.25) is 19.3 Å². The van der Waals surface area contributed by atoms with Crippen LogP contribution < -0.4 is 0 Å². The van der Waals surface area contributed by atoms with E-state index in [4.69, 9.17) is 0 Å². The van der Waals surface area contributed by atoms with Crippen LogP contribution in [-0.2, 0) is 4.79 Å². The van der Waals surface area contributed by atoms with Gasteiger partial charge >= 0.3 is 0 Å². The zero-order valence-electron chi connectivity index (χ0n) is 13.7. The number of carbonyl (C=O) groups excluding carboxylic acids is 3. The number of nitrogens with zero attached hydrogens (tertiary/aromatic N) is 2. The van der Waals surface area contributed by atoms with Gasteiger partial charge in [-0.15, -0.1) is 0 Å². The van der Waals surface area contributed by atoms with Gasteiger partial charge in [0.15, 0.2) is 0 Å². The molecule has 0 spiro atoms. The maximum atomic E-state index is 12.4. The van der Waals surface area contributed by atoms with Gasteiger partial charge in [0.2, 0.25) is 5.91 Å². The number of hydrogen-bond acceptors (Lipinski definition) is 3. The maximum absolute atomic E-state index is 12.4. The van der Waals surface area contributed by atoms with Crippen molar-refractivity contribution in [2.75, 3.05) is 19.6 Å². The summed E-state index contributed by atoms with van der Waals surface area (Å²) in [5.74, 6) is 1.09. The zero-order valence-corrected chi connectivity index (χ0v) is 13.7. The second-order valence-electron chi connectivity index (χ2n) is 7.16. The van der Waals surface area contributed by atoms with Gasteiger partial charge in [0, 0.05) is 26.1 Å². The van der Waals surface area contributed by atoms with E-state index in [2.05, 4.69) is 0 Å². The summed E-state index contributed by atoms with van der Waals surface area (Å²) < 4.78 is 0. The molecule has 5 nitrogen and oxygen atoms in total.